The first kappa shape index (κ1) is 17.8. The normalized spacial score (nSPS) is 26.1. The minimum absolute atomic E-state index is 0.0516. The van der Waals surface area contributed by atoms with Gasteiger partial charge in [-0.2, -0.15) is 5.10 Å². The summed E-state index contributed by atoms with van der Waals surface area (Å²) >= 11 is 0. The van der Waals surface area contributed by atoms with Gasteiger partial charge in [0.05, 0.1) is 12.2 Å². The minimum atomic E-state index is -0.110. The quantitative estimate of drug-likeness (QED) is 0.875. The molecule has 0 aliphatic heterocycles. The Kier molecular flexibility index (Phi) is 5.68. The zero-order valence-corrected chi connectivity index (χ0v) is 15.1. The SMILES string of the molecule is C[C@@H]1CCC[C@](CNC(=O)N[C@@H](C)c2cnn(C)c2)(N(C)C)C1. The fraction of sp³-hybridized carbons (Fsp3) is 0.765. The largest absolute Gasteiger partial charge is 0.336 e. The highest BCUT2D eigenvalue weighted by Gasteiger charge is 2.37. The summed E-state index contributed by atoms with van der Waals surface area (Å²) in [7, 11) is 6.12. The number of carbonyl (C=O) groups excluding carboxylic acids is 1. The second kappa shape index (κ2) is 7.34. The lowest BCUT2D eigenvalue weighted by molar-refractivity contribution is 0.0772. The van der Waals surface area contributed by atoms with Crippen LogP contribution in [0.5, 0.6) is 0 Å². The van der Waals surface area contributed by atoms with Crippen molar-refractivity contribution in [1.82, 2.24) is 25.3 Å². The van der Waals surface area contributed by atoms with E-state index in [4.69, 9.17) is 0 Å². The molecule has 1 fully saturated rings. The Balaban J connectivity index is 1.89. The summed E-state index contributed by atoms with van der Waals surface area (Å²) in [6, 6.07) is -0.162. The molecule has 130 valence electrons. The molecule has 0 unspecified atom stereocenters. The van der Waals surface area contributed by atoms with Crippen molar-refractivity contribution in [3.8, 4) is 0 Å². The van der Waals surface area contributed by atoms with Crippen molar-refractivity contribution in [2.75, 3.05) is 20.6 Å². The van der Waals surface area contributed by atoms with Gasteiger partial charge in [-0.15, -0.1) is 0 Å². The third-order valence-electron chi connectivity index (χ3n) is 5.17. The second-order valence-corrected chi connectivity index (χ2v) is 7.32. The topological polar surface area (TPSA) is 62.2 Å². The second-order valence-electron chi connectivity index (χ2n) is 7.32. The molecule has 1 heterocycles. The molecule has 2 N–H and O–H groups in total. The Morgan fingerprint density at radius 1 is 1.57 bits per heavy atom. The summed E-state index contributed by atoms with van der Waals surface area (Å²) in [6.07, 6.45) is 8.51. The van der Waals surface area contributed by atoms with Gasteiger partial charge in [-0.05, 0) is 39.8 Å². The number of nitrogens with one attached hydrogen (secondary N) is 2. The maximum Gasteiger partial charge on any atom is 0.315 e. The van der Waals surface area contributed by atoms with Crippen LogP contribution in [0.3, 0.4) is 0 Å². The highest BCUT2D eigenvalue weighted by molar-refractivity contribution is 5.74. The standard InChI is InChI=1S/C17H31N5O/c1-13-7-6-8-17(9-13,21(3)4)12-18-16(23)20-14(2)15-10-19-22(5)11-15/h10-11,13-14H,6-9,12H2,1-5H3,(H2,18,20,23)/t13-,14+,17+/m1/s1. The van der Waals surface area contributed by atoms with E-state index in [-0.39, 0.29) is 17.6 Å². The lowest BCUT2D eigenvalue weighted by atomic mass is 9.75. The molecule has 1 aliphatic carbocycles. The molecule has 6 heteroatoms. The first-order valence-electron chi connectivity index (χ1n) is 8.53. The molecule has 1 aromatic heterocycles. The monoisotopic (exact) mass is 321 g/mol. The van der Waals surface area contributed by atoms with Crippen molar-refractivity contribution in [2.45, 2.75) is 51.1 Å². The molecular formula is C17H31N5O. The fourth-order valence-corrected chi connectivity index (χ4v) is 3.60. The highest BCUT2D eigenvalue weighted by atomic mass is 16.2. The van der Waals surface area contributed by atoms with Crippen LogP contribution in [0.2, 0.25) is 0 Å². The molecule has 23 heavy (non-hydrogen) atoms. The van der Waals surface area contributed by atoms with Crippen LogP contribution in [-0.4, -0.2) is 46.9 Å². The number of urea groups is 1. The fourth-order valence-electron chi connectivity index (χ4n) is 3.60. The number of aromatic nitrogens is 2. The Morgan fingerprint density at radius 3 is 2.87 bits per heavy atom. The van der Waals surface area contributed by atoms with Gasteiger partial charge in [0.25, 0.3) is 0 Å². The van der Waals surface area contributed by atoms with Gasteiger partial charge in [0.2, 0.25) is 0 Å². The van der Waals surface area contributed by atoms with Crippen molar-refractivity contribution < 1.29 is 4.79 Å². The van der Waals surface area contributed by atoms with Crippen molar-refractivity contribution >= 4 is 6.03 Å². The van der Waals surface area contributed by atoms with Crippen LogP contribution < -0.4 is 10.6 Å². The predicted molar refractivity (Wildman–Crippen MR) is 92.2 cm³/mol. The van der Waals surface area contributed by atoms with Gasteiger partial charge >= 0.3 is 6.03 Å². The Morgan fingerprint density at radius 2 is 2.30 bits per heavy atom. The molecule has 2 amide bonds. The van der Waals surface area contributed by atoms with Gasteiger partial charge < -0.3 is 15.5 Å². The van der Waals surface area contributed by atoms with Crippen LogP contribution in [0.15, 0.2) is 12.4 Å². The average Bonchev–Trinajstić information content (AvgIpc) is 2.92. The third-order valence-corrected chi connectivity index (χ3v) is 5.17. The molecule has 2 rings (SSSR count). The van der Waals surface area contributed by atoms with E-state index in [1.54, 1.807) is 10.9 Å². The molecule has 3 atom stereocenters. The van der Waals surface area contributed by atoms with Gasteiger partial charge in [0, 0.05) is 30.9 Å². The van der Waals surface area contributed by atoms with Gasteiger partial charge in [-0.25, -0.2) is 4.79 Å². The Labute approximate surface area is 139 Å². The number of likely N-dealkylation sites (N-methyl/N-ethyl adjacent to an activating group) is 1. The molecule has 0 saturated heterocycles. The van der Waals surface area contributed by atoms with E-state index in [1.165, 1.54) is 12.8 Å². The zero-order chi connectivity index (χ0) is 17.0. The van der Waals surface area contributed by atoms with Crippen molar-refractivity contribution in [1.29, 1.82) is 0 Å². The van der Waals surface area contributed by atoms with E-state index in [0.717, 1.165) is 18.4 Å². The third kappa shape index (κ3) is 4.47. The number of amides is 2. The van der Waals surface area contributed by atoms with Gasteiger partial charge in [0.1, 0.15) is 0 Å². The lowest BCUT2D eigenvalue weighted by Gasteiger charge is -2.45. The van der Waals surface area contributed by atoms with Crippen molar-refractivity contribution in [2.24, 2.45) is 13.0 Å². The Bertz CT molecular complexity index is 527. The van der Waals surface area contributed by atoms with Gasteiger partial charge in [-0.3, -0.25) is 4.68 Å². The smallest absolute Gasteiger partial charge is 0.315 e. The number of hydrogen-bond donors (Lipinski definition) is 2. The first-order valence-corrected chi connectivity index (χ1v) is 8.53. The summed E-state index contributed by atoms with van der Waals surface area (Å²) in [5, 5.41) is 10.2. The number of aryl methyl sites for hydroxylation is 1. The molecule has 0 spiro atoms. The molecule has 0 radical (unpaired) electrons. The van der Waals surface area contributed by atoms with E-state index >= 15 is 0 Å². The predicted octanol–water partition coefficient (Wildman–Crippen LogP) is 2.29. The molecule has 1 aliphatic rings. The van der Waals surface area contributed by atoms with Crippen LogP contribution in [-0.2, 0) is 7.05 Å². The van der Waals surface area contributed by atoms with Crippen LogP contribution in [0.25, 0.3) is 0 Å². The maximum atomic E-state index is 12.3. The number of hydrogen-bond acceptors (Lipinski definition) is 3. The van der Waals surface area contributed by atoms with E-state index < -0.39 is 0 Å². The highest BCUT2D eigenvalue weighted by Crippen LogP contribution is 2.35. The summed E-state index contributed by atoms with van der Waals surface area (Å²) in [4.78, 5) is 14.5. The Hall–Kier alpha value is -1.56. The summed E-state index contributed by atoms with van der Waals surface area (Å²) in [5.74, 6) is 0.713. The van der Waals surface area contributed by atoms with Gasteiger partial charge in [-0.1, -0.05) is 19.8 Å². The average molecular weight is 321 g/mol. The summed E-state index contributed by atoms with van der Waals surface area (Å²) in [5.41, 5.74) is 1.09. The lowest BCUT2D eigenvalue weighted by Crippen LogP contribution is -2.56. The van der Waals surface area contributed by atoms with E-state index in [2.05, 4.69) is 41.7 Å². The molecule has 6 nitrogen and oxygen atoms in total. The van der Waals surface area contributed by atoms with Gasteiger partial charge in [0.15, 0.2) is 0 Å². The summed E-state index contributed by atoms with van der Waals surface area (Å²) in [6.45, 7) is 4.97. The van der Waals surface area contributed by atoms with Crippen LogP contribution in [0.1, 0.15) is 51.1 Å². The van der Waals surface area contributed by atoms with Crippen LogP contribution in [0, 0.1) is 5.92 Å². The number of rotatable bonds is 5. The number of nitrogens with zero attached hydrogens (tertiary/aromatic N) is 3. The minimum Gasteiger partial charge on any atom is -0.336 e. The van der Waals surface area contributed by atoms with Crippen molar-refractivity contribution in [3.05, 3.63) is 18.0 Å². The molecule has 1 aromatic rings. The molecule has 1 saturated carbocycles. The molecule has 0 aromatic carbocycles. The zero-order valence-electron chi connectivity index (χ0n) is 15.1. The van der Waals surface area contributed by atoms with Crippen molar-refractivity contribution in [3.63, 3.8) is 0 Å². The molecular weight excluding hydrogens is 290 g/mol. The summed E-state index contributed by atoms with van der Waals surface area (Å²) < 4.78 is 1.75. The van der Waals surface area contributed by atoms with E-state index in [1.807, 2.05) is 20.2 Å². The van der Waals surface area contributed by atoms with Crippen LogP contribution in [0.4, 0.5) is 4.79 Å². The van der Waals surface area contributed by atoms with E-state index in [9.17, 15) is 4.79 Å². The number of carbonyl (C=O) groups is 1. The van der Waals surface area contributed by atoms with E-state index in [0.29, 0.717) is 12.5 Å². The first-order chi connectivity index (χ1) is 10.8. The molecule has 0 bridgehead atoms. The van der Waals surface area contributed by atoms with Crippen LogP contribution >= 0.6 is 0 Å². The maximum absolute atomic E-state index is 12.3.